The molecule has 0 heterocycles. The Morgan fingerprint density at radius 2 is 2.06 bits per heavy atom. The van der Waals surface area contributed by atoms with E-state index < -0.39 is 6.08 Å². The highest BCUT2D eigenvalue weighted by Gasteiger charge is 2.06. The van der Waals surface area contributed by atoms with Gasteiger partial charge in [-0.1, -0.05) is 23.2 Å². The molecule has 0 radical (unpaired) electrons. The van der Waals surface area contributed by atoms with Crippen molar-refractivity contribution >= 4 is 34.8 Å². The Bertz CT molecular complexity index is 459. The van der Waals surface area contributed by atoms with Gasteiger partial charge in [0.05, 0.1) is 10.7 Å². The van der Waals surface area contributed by atoms with E-state index in [2.05, 4.69) is 5.32 Å². The number of anilines is 1. The smallest absolute Gasteiger partial charge is 0.266 e. The second kappa shape index (κ2) is 7.34. The molecule has 0 aliphatic rings. The molecular formula is C12H11Cl2F2NO. The van der Waals surface area contributed by atoms with Gasteiger partial charge in [-0.2, -0.15) is 8.78 Å². The molecule has 1 aromatic carbocycles. The second-order valence-electron chi connectivity index (χ2n) is 3.56. The minimum absolute atomic E-state index is 0.155. The number of hydrogen-bond donors (Lipinski definition) is 1. The van der Waals surface area contributed by atoms with Crippen LogP contribution in [0.3, 0.4) is 0 Å². The third-order valence-corrected chi connectivity index (χ3v) is 2.66. The van der Waals surface area contributed by atoms with Crippen molar-refractivity contribution in [2.75, 3.05) is 5.32 Å². The van der Waals surface area contributed by atoms with Crippen molar-refractivity contribution in [2.24, 2.45) is 0 Å². The van der Waals surface area contributed by atoms with E-state index in [9.17, 15) is 13.6 Å². The van der Waals surface area contributed by atoms with E-state index in [1.165, 1.54) is 6.07 Å². The predicted molar refractivity (Wildman–Crippen MR) is 69.2 cm³/mol. The molecule has 1 N–H and O–H groups in total. The summed E-state index contributed by atoms with van der Waals surface area (Å²) in [5.74, 6) is -0.271. The Balaban J connectivity index is 2.42. The van der Waals surface area contributed by atoms with Gasteiger partial charge in [0.2, 0.25) is 5.91 Å². The lowest BCUT2D eigenvalue weighted by atomic mass is 10.2. The lowest BCUT2D eigenvalue weighted by Crippen LogP contribution is -2.11. The number of unbranched alkanes of at least 4 members (excludes halogenated alkanes) is 1. The Morgan fingerprint density at radius 1 is 1.33 bits per heavy atom. The zero-order valence-corrected chi connectivity index (χ0v) is 10.9. The first-order chi connectivity index (χ1) is 8.49. The molecule has 0 unspecified atom stereocenters. The lowest BCUT2D eigenvalue weighted by molar-refractivity contribution is -0.116. The molecule has 1 amide bonds. The maximum atomic E-state index is 11.7. The average molecular weight is 294 g/mol. The number of allylic oxidation sites excluding steroid dienone is 1. The molecule has 0 aliphatic heterocycles. The molecule has 0 spiro atoms. The molecule has 1 aromatic rings. The molecular weight excluding hydrogens is 283 g/mol. The predicted octanol–water partition coefficient (Wildman–Crippen LogP) is 4.88. The largest absolute Gasteiger partial charge is 0.325 e. The van der Waals surface area contributed by atoms with Crippen LogP contribution in [0.25, 0.3) is 0 Å². The number of rotatable bonds is 5. The Hall–Kier alpha value is -1.13. The van der Waals surface area contributed by atoms with Crippen molar-refractivity contribution in [1.29, 1.82) is 0 Å². The zero-order valence-electron chi connectivity index (χ0n) is 9.35. The molecule has 0 saturated carbocycles. The van der Waals surface area contributed by atoms with Crippen molar-refractivity contribution in [2.45, 2.75) is 19.3 Å². The summed E-state index contributed by atoms with van der Waals surface area (Å²) in [6.45, 7) is 0. The van der Waals surface area contributed by atoms with Crippen LogP contribution in [0, 0.1) is 0 Å². The van der Waals surface area contributed by atoms with Crippen molar-refractivity contribution < 1.29 is 13.6 Å². The first-order valence-electron chi connectivity index (χ1n) is 5.25. The normalized spacial score (nSPS) is 10.0. The van der Waals surface area contributed by atoms with Gasteiger partial charge in [-0.05, 0) is 37.1 Å². The van der Waals surface area contributed by atoms with Gasteiger partial charge >= 0.3 is 0 Å². The van der Waals surface area contributed by atoms with Crippen LogP contribution in [0.5, 0.6) is 0 Å². The molecule has 2 nitrogen and oxygen atoms in total. The highest BCUT2D eigenvalue weighted by molar-refractivity contribution is 6.36. The number of benzene rings is 1. The summed E-state index contributed by atoms with van der Waals surface area (Å²) >= 11 is 11.6. The highest BCUT2D eigenvalue weighted by Crippen LogP contribution is 2.25. The van der Waals surface area contributed by atoms with Crippen molar-refractivity contribution in [3.05, 3.63) is 40.4 Å². The summed E-state index contributed by atoms with van der Waals surface area (Å²) in [7, 11) is 0. The number of nitrogens with one attached hydrogen (secondary N) is 1. The van der Waals surface area contributed by atoms with Gasteiger partial charge in [0.25, 0.3) is 6.08 Å². The molecule has 18 heavy (non-hydrogen) atoms. The van der Waals surface area contributed by atoms with Gasteiger partial charge in [0, 0.05) is 11.4 Å². The van der Waals surface area contributed by atoms with Crippen LogP contribution in [-0.4, -0.2) is 5.91 Å². The summed E-state index contributed by atoms with van der Waals surface area (Å²) in [4.78, 5) is 11.5. The summed E-state index contributed by atoms with van der Waals surface area (Å²) in [5.41, 5.74) is 0.457. The van der Waals surface area contributed by atoms with Gasteiger partial charge in [-0.25, -0.2) is 0 Å². The number of amides is 1. The van der Waals surface area contributed by atoms with Gasteiger partial charge in [-0.3, -0.25) is 4.79 Å². The Labute approximate surface area is 114 Å². The molecule has 0 atom stereocenters. The van der Waals surface area contributed by atoms with E-state index in [1.54, 1.807) is 12.1 Å². The van der Waals surface area contributed by atoms with Crippen LogP contribution in [0.1, 0.15) is 19.3 Å². The molecule has 0 bridgehead atoms. The van der Waals surface area contributed by atoms with E-state index in [-0.39, 0.29) is 18.7 Å². The van der Waals surface area contributed by atoms with Crippen LogP contribution in [0.4, 0.5) is 14.5 Å². The summed E-state index contributed by atoms with van der Waals surface area (Å²) < 4.78 is 23.5. The van der Waals surface area contributed by atoms with Crippen molar-refractivity contribution in [3.8, 4) is 0 Å². The topological polar surface area (TPSA) is 29.1 Å². The van der Waals surface area contributed by atoms with E-state index in [0.29, 0.717) is 22.2 Å². The number of carbonyl (C=O) groups excluding carboxylic acids is 1. The third kappa shape index (κ3) is 5.47. The second-order valence-corrected chi connectivity index (χ2v) is 4.40. The van der Waals surface area contributed by atoms with Crippen LogP contribution >= 0.6 is 23.2 Å². The maximum Gasteiger partial charge on any atom is 0.266 e. The zero-order chi connectivity index (χ0) is 13.5. The first-order valence-corrected chi connectivity index (χ1v) is 6.00. The molecule has 6 heteroatoms. The van der Waals surface area contributed by atoms with Gasteiger partial charge in [0.15, 0.2) is 0 Å². The van der Waals surface area contributed by atoms with E-state index in [4.69, 9.17) is 23.2 Å². The average Bonchev–Trinajstić information content (AvgIpc) is 2.28. The molecule has 0 saturated heterocycles. The molecule has 0 aromatic heterocycles. The van der Waals surface area contributed by atoms with E-state index >= 15 is 0 Å². The molecule has 1 rings (SSSR count). The summed E-state index contributed by atoms with van der Waals surface area (Å²) in [6.07, 6.45) is -0.250. The standard InChI is InChI=1S/C12H11Cl2F2NO/c13-8-5-6-10(9(14)7-8)17-12(18)4-2-1-3-11(15)16/h3,5-7H,1-2,4H2,(H,17,18). The van der Waals surface area contributed by atoms with E-state index in [1.807, 2.05) is 0 Å². The Morgan fingerprint density at radius 3 is 2.67 bits per heavy atom. The lowest BCUT2D eigenvalue weighted by Gasteiger charge is -2.06. The monoisotopic (exact) mass is 293 g/mol. The highest BCUT2D eigenvalue weighted by atomic mass is 35.5. The minimum atomic E-state index is -1.73. The van der Waals surface area contributed by atoms with Crippen LogP contribution in [0.15, 0.2) is 30.4 Å². The molecule has 98 valence electrons. The molecule has 0 aliphatic carbocycles. The quantitative estimate of drug-likeness (QED) is 0.770. The van der Waals surface area contributed by atoms with Crippen LogP contribution in [0.2, 0.25) is 10.0 Å². The fraction of sp³-hybridized carbons (Fsp3) is 0.250. The van der Waals surface area contributed by atoms with Gasteiger partial charge in [0.1, 0.15) is 0 Å². The van der Waals surface area contributed by atoms with Crippen molar-refractivity contribution in [3.63, 3.8) is 0 Å². The summed E-state index contributed by atoms with van der Waals surface area (Å²) in [5, 5.41) is 3.40. The minimum Gasteiger partial charge on any atom is -0.325 e. The first kappa shape index (κ1) is 14.9. The van der Waals surface area contributed by atoms with Crippen LogP contribution < -0.4 is 5.32 Å². The molecule has 0 fully saturated rings. The number of halogens is 4. The van der Waals surface area contributed by atoms with Gasteiger partial charge < -0.3 is 5.32 Å². The maximum absolute atomic E-state index is 11.7. The summed E-state index contributed by atoms with van der Waals surface area (Å²) in [6, 6.07) is 4.70. The number of hydrogen-bond acceptors (Lipinski definition) is 1. The van der Waals surface area contributed by atoms with E-state index in [0.717, 1.165) is 6.08 Å². The van der Waals surface area contributed by atoms with Crippen molar-refractivity contribution in [1.82, 2.24) is 0 Å². The fourth-order valence-electron chi connectivity index (χ4n) is 1.28. The fourth-order valence-corrected chi connectivity index (χ4v) is 1.73. The van der Waals surface area contributed by atoms with Crippen LogP contribution in [-0.2, 0) is 4.79 Å². The van der Waals surface area contributed by atoms with Gasteiger partial charge in [-0.15, -0.1) is 0 Å². The Kier molecular flexibility index (Phi) is 6.09. The SMILES string of the molecule is O=C(CCCC=C(F)F)Nc1ccc(Cl)cc1Cl. The number of carbonyl (C=O) groups is 1. The third-order valence-electron chi connectivity index (χ3n) is 2.11.